The van der Waals surface area contributed by atoms with Crippen LogP contribution in [-0.2, 0) is 36.3 Å². The van der Waals surface area contributed by atoms with Crippen LogP contribution in [0.15, 0.2) is 218 Å². The zero-order chi connectivity index (χ0) is 38.3. The van der Waals surface area contributed by atoms with E-state index in [2.05, 4.69) is 218 Å². The second-order valence-corrected chi connectivity index (χ2v) is 25.4. The predicted octanol–water partition coefficient (Wildman–Crippen LogP) is 12.1. The molecule has 0 bridgehead atoms. The highest BCUT2D eigenvalue weighted by Crippen LogP contribution is 2.36. The fraction of sp³-hybridized carbons (Fsp3) is 0.111. The zero-order valence-electron chi connectivity index (χ0n) is 32.4. The van der Waals surface area contributed by atoms with Gasteiger partial charge in [-0.15, -0.1) is 11.3 Å². The first kappa shape index (κ1) is 37.0. The molecule has 0 radical (unpaired) electrons. The van der Waals surface area contributed by atoms with Gasteiger partial charge in [0.15, 0.2) is 0 Å². The average Bonchev–Trinajstić information content (AvgIpc) is 3.63. The molecule has 1 heterocycles. The van der Waals surface area contributed by atoms with Gasteiger partial charge in [-0.3, -0.25) is 0 Å². The van der Waals surface area contributed by atoms with Gasteiger partial charge in [-0.2, -0.15) is 0 Å². The topological polar surface area (TPSA) is 0 Å². The first-order valence-electron chi connectivity index (χ1n) is 20.3. The van der Waals surface area contributed by atoms with E-state index in [4.69, 9.17) is 0 Å². The van der Waals surface area contributed by atoms with E-state index >= 15 is 0 Å². The van der Waals surface area contributed by atoms with Crippen molar-refractivity contribution in [1.29, 1.82) is 0 Å². The Labute approximate surface area is 344 Å². The maximum Gasteiger partial charge on any atom is 0.0995 e. The molecule has 0 aliphatic rings. The van der Waals surface area contributed by atoms with Gasteiger partial charge in [-0.05, 0) is 48.4 Å². The van der Waals surface area contributed by atoms with E-state index in [0.29, 0.717) is 0 Å². The summed E-state index contributed by atoms with van der Waals surface area (Å²) < 4.78 is 2.79. The molecule has 0 atom stereocenters. The van der Waals surface area contributed by atoms with E-state index in [1.54, 1.807) is 10.4 Å². The number of hydrogen-bond acceptors (Lipinski definition) is 1. The van der Waals surface area contributed by atoms with Crippen molar-refractivity contribution < 1.29 is 0 Å². The highest BCUT2D eigenvalue weighted by Gasteiger charge is 2.45. The summed E-state index contributed by atoms with van der Waals surface area (Å²) in [5.41, 5.74) is 8.66. The summed E-state index contributed by atoms with van der Waals surface area (Å²) in [6.45, 7) is 0. The Bertz CT molecular complexity index is 2460. The van der Waals surface area contributed by atoms with Crippen LogP contribution in [0.2, 0.25) is 0 Å². The normalized spacial score (nSPS) is 11.9. The lowest BCUT2D eigenvalue weighted by Gasteiger charge is -2.41. The molecule has 0 fully saturated rings. The van der Waals surface area contributed by atoms with Gasteiger partial charge in [0.05, 0.1) is 16.1 Å². The number of thiophene rings is 1. The standard InChI is InChI=1S/C54H48SSi2/c1-7-21-43(22-8-1)37-56(38-44-23-9-2-10-24-44,39-45-25-11-3-12-26-45)53-35-50-49-33-19-20-34-51(49)55-52(50)36-54(53)57(40-46-27-13-4-14-28-46,41-47-29-15-5-16-30-47)42-48-31-17-6-18-32-48/h1-36H,37-42H2. The molecular weight excluding hydrogens is 737 g/mol. The third-order valence-corrected chi connectivity index (χ3v) is 23.0. The number of rotatable bonds is 14. The molecule has 0 unspecified atom stereocenters. The molecule has 9 aromatic rings. The van der Waals surface area contributed by atoms with Crippen molar-refractivity contribution in [1.82, 2.24) is 0 Å². The van der Waals surface area contributed by atoms with Crippen LogP contribution < -0.4 is 10.4 Å². The molecule has 0 amide bonds. The maximum absolute atomic E-state index is 2.76. The second-order valence-electron chi connectivity index (χ2n) is 16.0. The molecule has 9 rings (SSSR count). The van der Waals surface area contributed by atoms with Gasteiger partial charge >= 0.3 is 0 Å². The minimum atomic E-state index is -2.54. The summed E-state index contributed by atoms with van der Waals surface area (Å²) in [6, 6.07) is 89.7. The van der Waals surface area contributed by atoms with Crippen molar-refractivity contribution in [3.63, 3.8) is 0 Å². The van der Waals surface area contributed by atoms with Crippen molar-refractivity contribution >= 4 is 58.0 Å². The molecule has 1 aromatic heterocycles. The second kappa shape index (κ2) is 16.9. The van der Waals surface area contributed by atoms with E-state index in [1.165, 1.54) is 53.6 Å². The molecule has 0 N–H and O–H groups in total. The van der Waals surface area contributed by atoms with Crippen LogP contribution in [0, 0.1) is 0 Å². The largest absolute Gasteiger partial charge is 0.135 e. The van der Waals surface area contributed by atoms with Gasteiger partial charge in [0.25, 0.3) is 0 Å². The fourth-order valence-corrected chi connectivity index (χ4v) is 22.5. The zero-order valence-corrected chi connectivity index (χ0v) is 35.3. The Morgan fingerprint density at radius 3 is 0.877 bits per heavy atom. The van der Waals surface area contributed by atoms with Gasteiger partial charge in [0, 0.05) is 20.2 Å². The van der Waals surface area contributed by atoms with Crippen LogP contribution in [-0.4, -0.2) is 16.1 Å². The SMILES string of the molecule is c1ccc(C[Si](Cc2ccccc2)(Cc2ccccc2)c2cc3sc4ccccc4c3cc2[Si](Cc2ccccc2)(Cc2ccccc2)Cc2ccccc2)cc1. The Kier molecular flexibility index (Phi) is 11.0. The molecule has 3 heteroatoms. The first-order chi connectivity index (χ1) is 28.1. The van der Waals surface area contributed by atoms with Gasteiger partial charge in [0.1, 0.15) is 0 Å². The third-order valence-electron chi connectivity index (χ3n) is 12.0. The molecule has 57 heavy (non-hydrogen) atoms. The van der Waals surface area contributed by atoms with Gasteiger partial charge in [-0.25, -0.2) is 0 Å². The average molecular weight is 785 g/mol. The highest BCUT2D eigenvalue weighted by atomic mass is 32.1. The monoisotopic (exact) mass is 784 g/mol. The van der Waals surface area contributed by atoms with Crippen LogP contribution in [0.1, 0.15) is 33.4 Å². The van der Waals surface area contributed by atoms with Crippen LogP contribution in [0.25, 0.3) is 20.2 Å². The minimum Gasteiger partial charge on any atom is -0.135 e. The van der Waals surface area contributed by atoms with Gasteiger partial charge < -0.3 is 0 Å². The summed E-state index contributed by atoms with van der Waals surface area (Å²) in [7, 11) is -5.06. The fourth-order valence-electron chi connectivity index (χ4n) is 9.51. The quantitative estimate of drug-likeness (QED) is 0.0964. The molecule has 8 aromatic carbocycles. The number of hydrogen-bond donors (Lipinski definition) is 0. The summed E-state index contributed by atoms with van der Waals surface area (Å²) >= 11 is 1.98. The lowest BCUT2D eigenvalue weighted by atomic mass is 10.1. The van der Waals surface area contributed by atoms with Crippen LogP contribution >= 0.6 is 11.3 Å². The van der Waals surface area contributed by atoms with E-state index < -0.39 is 16.1 Å². The van der Waals surface area contributed by atoms with Crippen molar-refractivity contribution in [2.45, 2.75) is 36.3 Å². The van der Waals surface area contributed by atoms with Crippen LogP contribution in [0.5, 0.6) is 0 Å². The van der Waals surface area contributed by atoms with Crippen molar-refractivity contribution in [3.8, 4) is 0 Å². The maximum atomic E-state index is 2.76. The minimum absolute atomic E-state index is 1.07. The predicted molar refractivity (Wildman–Crippen MR) is 251 cm³/mol. The summed E-state index contributed by atoms with van der Waals surface area (Å²) in [6.07, 6.45) is 0. The molecule has 0 spiro atoms. The highest BCUT2D eigenvalue weighted by molar-refractivity contribution is 7.26. The molecule has 0 aliphatic carbocycles. The molecular formula is C54H48SSi2. The molecule has 278 valence electrons. The van der Waals surface area contributed by atoms with Gasteiger partial charge in [-0.1, -0.05) is 250 Å². The van der Waals surface area contributed by atoms with E-state index in [-0.39, 0.29) is 0 Å². The van der Waals surface area contributed by atoms with E-state index in [0.717, 1.165) is 36.3 Å². The lowest BCUT2D eigenvalue weighted by Crippen LogP contribution is -2.69. The van der Waals surface area contributed by atoms with Crippen LogP contribution in [0.4, 0.5) is 0 Å². The summed E-state index contributed by atoms with van der Waals surface area (Å²) in [5, 5.41) is 6.15. The number of benzene rings is 8. The smallest absolute Gasteiger partial charge is 0.0995 e. The lowest BCUT2D eigenvalue weighted by molar-refractivity contribution is 1.14. The van der Waals surface area contributed by atoms with Gasteiger partial charge in [0.2, 0.25) is 0 Å². The first-order valence-corrected chi connectivity index (χ1v) is 26.4. The Hall–Kier alpha value is -5.59. The third kappa shape index (κ3) is 8.29. The number of fused-ring (bicyclic) bond motifs is 3. The van der Waals surface area contributed by atoms with Crippen LogP contribution in [0.3, 0.4) is 0 Å². The molecule has 0 aliphatic heterocycles. The summed E-state index contributed by atoms with van der Waals surface area (Å²) in [4.78, 5) is 0. The van der Waals surface area contributed by atoms with E-state index in [1.807, 2.05) is 11.3 Å². The molecule has 0 nitrogen and oxygen atoms in total. The van der Waals surface area contributed by atoms with E-state index in [9.17, 15) is 0 Å². The molecule has 0 saturated heterocycles. The molecule has 0 saturated carbocycles. The Balaban J connectivity index is 1.41. The van der Waals surface area contributed by atoms with Crippen molar-refractivity contribution in [2.24, 2.45) is 0 Å². The van der Waals surface area contributed by atoms with Crippen molar-refractivity contribution in [2.75, 3.05) is 0 Å². The Morgan fingerprint density at radius 2 is 0.544 bits per heavy atom. The Morgan fingerprint density at radius 1 is 0.263 bits per heavy atom. The summed E-state index contributed by atoms with van der Waals surface area (Å²) in [5.74, 6) is 0. The van der Waals surface area contributed by atoms with Crippen molar-refractivity contribution in [3.05, 3.63) is 252 Å².